The van der Waals surface area contributed by atoms with Crippen molar-refractivity contribution in [2.24, 2.45) is 5.10 Å². The number of hydrogen-bond acceptors (Lipinski definition) is 5. The third-order valence-corrected chi connectivity index (χ3v) is 5.09. The number of nitrogens with zero attached hydrogens (tertiary/aromatic N) is 4. The van der Waals surface area contributed by atoms with Gasteiger partial charge in [-0.3, -0.25) is 5.10 Å². The second kappa shape index (κ2) is 7.48. The van der Waals surface area contributed by atoms with Gasteiger partial charge in [0.15, 0.2) is 0 Å². The molecule has 8 heteroatoms. The molecule has 0 bridgehead atoms. The molecular formula is C21H18N6OS. The zero-order valence-corrected chi connectivity index (χ0v) is 16.3. The van der Waals surface area contributed by atoms with Gasteiger partial charge in [-0.15, -0.1) is 0 Å². The second-order valence-corrected chi connectivity index (χ2v) is 7.17. The zero-order chi connectivity index (χ0) is 19.6. The van der Waals surface area contributed by atoms with E-state index in [2.05, 4.69) is 25.5 Å². The fourth-order valence-corrected chi connectivity index (χ4v) is 3.64. The van der Waals surface area contributed by atoms with Gasteiger partial charge in [0.2, 0.25) is 10.6 Å². The van der Waals surface area contributed by atoms with Crippen molar-refractivity contribution in [1.82, 2.24) is 25.1 Å². The summed E-state index contributed by atoms with van der Waals surface area (Å²) in [5.41, 5.74) is 4.08. The number of aryl methyl sites for hydroxylation is 1. The lowest BCUT2D eigenvalue weighted by Gasteiger charge is -2.06. The van der Waals surface area contributed by atoms with Crippen LogP contribution in [0.15, 0.2) is 59.7 Å². The molecule has 0 atom stereocenters. The van der Waals surface area contributed by atoms with Crippen LogP contribution in [0.1, 0.15) is 23.2 Å². The van der Waals surface area contributed by atoms with Crippen LogP contribution in [0.3, 0.4) is 0 Å². The second-order valence-electron chi connectivity index (χ2n) is 6.78. The van der Waals surface area contributed by atoms with E-state index in [1.54, 1.807) is 10.9 Å². The van der Waals surface area contributed by atoms with E-state index in [1.807, 2.05) is 54.6 Å². The molecule has 5 rings (SSSR count). The number of fused-ring (bicyclic) bond motifs is 1. The SMILES string of the molecule is S=c1[nH]nc(-c2n[nH]c3c2CCC3)n1/N=C/c1cccc(Oc2ccccc2)c1. The summed E-state index contributed by atoms with van der Waals surface area (Å²) < 4.78 is 7.92. The molecule has 2 heterocycles. The van der Waals surface area contributed by atoms with Gasteiger partial charge in [-0.05, 0) is 61.3 Å². The molecule has 2 aromatic carbocycles. The van der Waals surface area contributed by atoms with Crippen molar-refractivity contribution in [3.8, 4) is 23.0 Å². The minimum atomic E-state index is 0.419. The molecule has 2 N–H and O–H groups in total. The van der Waals surface area contributed by atoms with Crippen molar-refractivity contribution in [3.05, 3.63) is 76.2 Å². The Balaban J connectivity index is 1.43. The van der Waals surface area contributed by atoms with Crippen LogP contribution < -0.4 is 4.74 Å². The summed E-state index contributed by atoms with van der Waals surface area (Å²) in [5, 5.41) is 19.3. The molecule has 0 amide bonds. The third-order valence-electron chi connectivity index (χ3n) is 4.83. The maximum Gasteiger partial charge on any atom is 0.216 e. The lowest BCUT2D eigenvalue weighted by Crippen LogP contribution is -1.97. The van der Waals surface area contributed by atoms with E-state index in [0.29, 0.717) is 10.6 Å². The number of ether oxygens (including phenoxy) is 1. The normalized spacial score (nSPS) is 13.1. The van der Waals surface area contributed by atoms with E-state index in [9.17, 15) is 0 Å². The summed E-state index contributed by atoms with van der Waals surface area (Å²) >= 11 is 5.37. The minimum absolute atomic E-state index is 0.419. The first-order valence-corrected chi connectivity index (χ1v) is 9.80. The van der Waals surface area contributed by atoms with Crippen LogP contribution >= 0.6 is 12.2 Å². The Kier molecular flexibility index (Phi) is 4.53. The summed E-state index contributed by atoms with van der Waals surface area (Å²) in [5.74, 6) is 2.14. The number of hydrogen-bond donors (Lipinski definition) is 2. The predicted molar refractivity (Wildman–Crippen MR) is 113 cm³/mol. The number of benzene rings is 2. The largest absolute Gasteiger partial charge is 0.457 e. The molecule has 0 radical (unpaired) electrons. The molecule has 29 heavy (non-hydrogen) atoms. The monoisotopic (exact) mass is 402 g/mol. The molecule has 0 saturated carbocycles. The highest BCUT2D eigenvalue weighted by Crippen LogP contribution is 2.29. The molecule has 2 aromatic heterocycles. The van der Waals surface area contributed by atoms with Gasteiger partial charge in [0, 0.05) is 11.3 Å². The highest BCUT2D eigenvalue weighted by atomic mass is 32.1. The summed E-state index contributed by atoms with van der Waals surface area (Å²) in [7, 11) is 0. The maximum atomic E-state index is 5.89. The maximum absolute atomic E-state index is 5.89. The van der Waals surface area contributed by atoms with Gasteiger partial charge in [0.05, 0.1) is 6.21 Å². The van der Waals surface area contributed by atoms with Crippen molar-refractivity contribution < 1.29 is 4.74 Å². The Labute approximate surface area is 172 Å². The number of para-hydroxylation sites is 1. The van der Waals surface area contributed by atoms with Crippen LogP contribution in [0.5, 0.6) is 11.5 Å². The van der Waals surface area contributed by atoms with Gasteiger partial charge in [-0.25, -0.2) is 5.10 Å². The van der Waals surface area contributed by atoms with Crippen LogP contribution in [0.2, 0.25) is 0 Å². The molecule has 0 saturated heterocycles. The van der Waals surface area contributed by atoms with Crippen molar-refractivity contribution in [3.63, 3.8) is 0 Å². The van der Waals surface area contributed by atoms with E-state index < -0.39 is 0 Å². The zero-order valence-electron chi connectivity index (χ0n) is 15.5. The molecule has 0 aliphatic heterocycles. The van der Waals surface area contributed by atoms with E-state index in [0.717, 1.165) is 42.0 Å². The van der Waals surface area contributed by atoms with Crippen molar-refractivity contribution in [2.45, 2.75) is 19.3 Å². The Morgan fingerprint density at radius 3 is 2.76 bits per heavy atom. The molecule has 144 valence electrons. The topological polar surface area (TPSA) is 83.9 Å². The Hall–Kier alpha value is -3.52. The molecular weight excluding hydrogens is 384 g/mol. The number of rotatable bonds is 5. The molecule has 7 nitrogen and oxygen atoms in total. The standard InChI is InChI=1S/C21H18N6OS/c29-21-26-25-20(19-17-10-5-11-18(17)23-24-19)27(21)22-13-14-6-4-9-16(12-14)28-15-7-2-1-3-8-15/h1-4,6-9,12-13H,5,10-11H2,(H,23,24)(H,26,29)/b22-13+. The van der Waals surface area contributed by atoms with Crippen molar-refractivity contribution in [1.29, 1.82) is 0 Å². The van der Waals surface area contributed by atoms with Crippen molar-refractivity contribution in [2.75, 3.05) is 0 Å². The number of nitrogens with one attached hydrogen (secondary N) is 2. The fourth-order valence-electron chi connectivity index (χ4n) is 3.46. The lowest BCUT2D eigenvalue weighted by atomic mass is 10.2. The Bertz CT molecular complexity index is 1240. The van der Waals surface area contributed by atoms with Crippen LogP contribution in [0.25, 0.3) is 11.5 Å². The number of H-pyrrole nitrogens is 2. The van der Waals surface area contributed by atoms with Crippen LogP contribution in [0, 0.1) is 4.77 Å². The average molecular weight is 402 g/mol. The Morgan fingerprint density at radius 2 is 1.86 bits per heavy atom. The van der Waals surface area contributed by atoms with E-state index in [4.69, 9.17) is 17.0 Å². The molecule has 0 unspecified atom stereocenters. The molecule has 4 aromatic rings. The lowest BCUT2D eigenvalue weighted by molar-refractivity contribution is 0.482. The molecule has 1 aliphatic carbocycles. The van der Waals surface area contributed by atoms with Crippen molar-refractivity contribution >= 4 is 18.4 Å². The number of aromatic amines is 2. The summed E-state index contributed by atoms with van der Waals surface area (Å²) in [4.78, 5) is 0. The molecule has 1 aliphatic rings. The van der Waals surface area contributed by atoms with E-state index in [1.165, 1.54) is 11.3 Å². The first-order valence-electron chi connectivity index (χ1n) is 9.39. The summed E-state index contributed by atoms with van der Waals surface area (Å²) in [6.07, 6.45) is 4.87. The van der Waals surface area contributed by atoms with E-state index in [-0.39, 0.29) is 0 Å². The first kappa shape index (κ1) is 17.6. The molecule has 0 fully saturated rings. The first-order chi connectivity index (χ1) is 14.3. The summed E-state index contributed by atoms with van der Waals surface area (Å²) in [6, 6.07) is 17.4. The fraction of sp³-hybridized carbons (Fsp3) is 0.143. The minimum Gasteiger partial charge on any atom is -0.457 e. The predicted octanol–water partition coefficient (Wildman–Crippen LogP) is 4.49. The van der Waals surface area contributed by atoms with Gasteiger partial charge in [0.25, 0.3) is 0 Å². The van der Waals surface area contributed by atoms with Gasteiger partial charge in [-0.1, -0.05) is 30.3 Å². The average Bonchev–Trinajstić information content (AvgIpc) is 3.44. The van der Waals surface area contributed by atoms with Crippen LogP contribution in [0.4, 0.5) is 0 Å². The highest BCUT2D eigenvalue weighted by molar-refractivity contribution is 7.71. The number of aromatic nitrogens is 5. The third kappa shape index (κ3) is 3.50. The van der Waals surface area contributed by atoms with Gasteiger partial charge in [-0.2, -0.15) is 20.0 Å². The van der Waals surface area contributed by atoms with Gasteiger partial charge < -0.3 is 4.74 Å². The van der Waals surface area contributed by atoms with Crippen LogP contribution in [-0.2, 0) is 12.8 Å². The van der Waals surface area contributed by atoms with E-state index >= 15 is 0 Å². The Morgan fingerprint density at radius 1 is 1.00 bits per heavy atom. The quantitative estimate of drug-likeness (QED) is 0.380. The van der Waals surface area contributed by atoms with Crippen LogP contribution in [-0.4, -0.2) is 31.3 Å². The molecule has 0 spiro atoms. The van der Waals surface area contributed by atoms with Gasteiger partial charge in [0.1, 0.15) is 17.2 Å². The smallest absolute Gasteiger partial charge is 0.216 e. The summed E-state index contributed by atoms with van der Waals surface area (Å²) in [6.45, 7) is 0. The van der Waals surface area contributed by atoms with Gasteiger partial charge >= 0.3 is 0 Å². The highest BCUT2D eigenvalue weighted by Gasteiger charge is 2.23.